The molecule has 3 heterocycles. The van der Waals surface area contributed by atoms with E-state index in [0.29, 0.717) is 18.8 Å². The molecular formula is C20H22FN5O2. The van der Waals surface area contributed by atoms with Crippen LogP contribution < -0.4 is 10.2 Å². The predicted octanol–water partition coefficient (Wildman–Crippen LogP) is 2.85. The van der Waals surface area contributed by atoms with Gasteiger partial charge < -0.3 is 14.7 Å². The summed E-state index contributed by atoms with van der Waals surface area (Å²) in [5.74, 6) is 0.359. The van der Waals surface area contributed by atoms with Gasteiger partial charge in [-0.05, 0) is 37.0 Å². The van der Waals surface area contributed by atoms with Gasteiger partial charge in [-0.1, -0.05) is 24.2 Å². The van der Waals surface area contributed by atoms with Gasteiger partial charge in [0.05, 0.1) is 11.6 Å². The molecule has 8 heteroatoms. The number of benzene rings is 1. The van der Waals surface area contributed by atoms with E-state index in [4.69, 9.17) is 4.52 Å². The summed E-state index contributed by atoms with van der Waals surface area (Å²) in [6, 6.07) is 6.15. The molecule has 0 spiro atoms. The summed E-state index contributed by atoms with van der Waals surface area (Å²) < 4.78 is 18.3. The Balaban J connectivity index is 1.46. The minimum Gasteiger partial charge on any atom is -0.355 e. The van der Waals surface area contributed by atoms with Crippen LogP contribution in [0.5, 0.6) is 0 Å². The number of halogens is 1. The molecule has 1 aliphatic heterocycles. The van der Waals surface area contributed by atoms with Crippen LogP contribution in [0.2, 0.25) is 0 Å². The summed E-state index contributed by atoms with van der Waals surface area (Å²) >= 11 is 0. The number of hydrogen-bond donors (Lipinski definition) is 1. The first-order valence-corrected chi connectivity index (χ1v) is 9.52. The Kier molecular flexibility index (Phi) is 5.18. The molecule has 0 radical (unpaired) electrons. The minimum atomic E-state index is -0.283. The molecule has 1 fully saturated rings. The van der Waals surface area contributed by atoms with Gasteiger partial charge in [-0.25, -0.2) is 9.37 Å². The number of aromatic nitrogens is 3. The van der Waals surface area contributed by atoms with Crippen LogP contribution in [0.15, 0.2) is 35.1 Å². The van der Waals surface area contributed by atoms with E-state index in [9.17, 15) is 9.18 Å². The summed E-state index contributed by atoms with van der Waals surface area (Å²) in [7, 11) is 0. The lowest BCUT2D eigenvalue weighted by Crippen LogP contribution is -2.43. The smallest absolute Gasteiger partial charge is 0.263 e. The topological polar surface area (TPSA) is 84.2 Å². The molecule has 1 N–H and O–H groups in total. The fourth-order valence-electron chi connectivity index (χ4n) is 3.63. The first kappa shape index (κ1) is 18.3. The van der Waals surface area contributed by atoms with Crippen molar-refractivity contribution in [3.05, 3.63) is 47.7 Å². The van der Waals surface area contributed by atoms with Gasteiger partial charge in [-0.2, -0.15) is 4.98 Å². The van der Waals surface area contributed by atoms with E-state index in [1.807, 2.05) is 6.92 Å². The second kappa shape index (κ2) is 7.92. The monoisotopic (exact) mass is 383 g/mol. The summed E-state index contributed by atoms with van der Waals surface area (Å²) in [5.41, 5.74) is 2.18. The second-order valence-electron chi connectivity index (χ2n) is 6.99. The van der Waals surface area contributed by atoms with Gasteiger partial charge in [0.1, 0.15) is 23.3 Å². The number of aryl methyl sites for hydroxylation is 1. The van der Waals surface area contributed by atoms with Crippen molar-refractivity contribution in [2.45, 2.75) is 32.7 Å². The number of carbonyl (C=O) groups excluding carboxylic acids is 1. The largest absolute Gasteiger partial charge is 0.355 e. The quantitative estimate of drug-likeness (QED) is 0.729. The molecule has 28 heavy (non-hydrogen) atoms. The fourth-order valence-corrected chi connectivity index (χ4v) is 3.63. The molecule has 0 saturated carbocycles. The van der Waals surface area contributed by atoms with Crippen molar-refractivity contribution >= 4 is 22.8 Å². The normalized spacial score (nSPS) is 17.1. The first-order chi connectivity index (χ1) is 13.7. The van der Waals surface area contributed by atoms with Crippen LogP contribution in [0.4, 0.5) is 10.2 Å². The van der Waals surface area contributed by atoms with E-state index < -0.39 is 0 Å². The van der Waals surface area contributed by atoms with Gasteiger partial charge in [0.25, 0.3) is 5.71 Å². The van der Waals surface area contributed by atoms with E-state index in [1.54, 1.807) is 12.1 Å². The van der Waals surface area contributed by atoms with Gasteiger partial charge >= 0.3 is 0 Å². The molecule has 1 atom stereocenters. The van der Waals surface area contributed by atoms with Crippen molar-refractivity contribution in [3.8, 4) is 0 Å². The van der Waals surface area contributed by atoms with Gasteiger partial charge in [-0.15, -0.1) is 0 Å². The number of carbonyl (C=O) groups is 1. The van der Waals surface area contributed by atoms with Crippen molar-refractivity contribution in [1.29, 1.82) is 0 Å². The van der Waals surface area contributed by atoms with Crippen LogP contribution in [0, 0.1) is 11.7 Å². The Morgan fingerprint density at radius 3 is 2.93 bits per heavy atom. The van der Waals surface area contributed by atoms with E-state index >= 15 is 0 Å². The zero-order chi connectivity index (χ0) is 19.5. The molecule has 1 amide bonds. The van der Waals surface area contributed by atoms with E-state index in [2.05, 4.69) is 25.3 Å². The van der Waals surface area contributed by atoms with Crippen LogP contribution in [0.3, 0.4) is 0 Å². The third kappa shape index (κ3) is 3.67. The molecule has 1 saturated heterocycles. The SMILES string of the molecule is CCc1noc2ncnc(N3CCCC(C(=O)NCc4ccc(F)cc4)C3)c12. The maximum Gasteiger partial charge on any atom is 0.263 e. The summed E-state index contributed by atoms with van der Waals surface area (Å²) in [6.07, 6.45) is 3.92. The van der Waals surface area contributed by atoms with Gasteiger partial charge in [0, 0.05) is 19.6 Å². The highest BCUT2D eigenvalue weighted by atomic mass is 19.1. The van der Waals surface area contributed by atoms with Crippen molar-refractivity contribution in [3.63, 3.8) is 0 Å². The number of nitrogens with zero attached hydrogens (tertiary/aromatic N) is 4. The second-order valence-corrected chi connectivity index (χ2v) is 6.99. The van der Waals surface area contributed by atoms with Crippen molar-refractivity contribution < 1.29 is 13.7 Å². The van der Waals surface area contributed by atoms with Crippen LogP contribution in [-0.2, 0) is 17.8 Å². The number of nitrogens with one attached hydrogen (secondary N) is 1. The van der Waals surface area contributed by atoms with Crippen molar-refractivity contribution in [2.24, 2.45) is 5.92 Å². The summed E-state index contributed by atoms with van der Waals surface area (Å²) in [4.78, 5) is 23.4. The van der Waals surface area contributed by atoms with E-state index in [0.717, 1.165) is 48.3 Å². The molecular weight excluding hydrogens is 361 g/mol. The molecule has 1 unspecified atom stereocenters. The Labute approximate surface area is 161 Å². The number of rotatable bonds is 5. The van der Waals surface area contributed by atoms with Gasteiger partial charge in [0.15, 0.2) is 0 Å². The molecule has 1 aliphatic rings. The van der Waals surface area contributed by atoms with E-state index in [-0.39, 0.29) is 17.6 Å². The third-order valence-corrected chi connectivity index (χ3v) is 5.13. The molecule has 1 aromatic carbocycles. The molecule has 0 bridgehead atoms. The Morgan fingerprint density at radius 1 is 1.32 bits per heavy atom. The Morgan fingerprint density at radius 2 is 2.14 bits per heavy atom. The summed E-state index contributed by atoms with van der Waals surface area (Å²) in [6.45, 7) is 3.80. The zero-order valence-corrected chi connectivity index (χ0v) is 15.7. The number of anilines is 1. The maximum absolute atomic E-state index is 13.0. The molecule has 4 rings (SSSR count). The first-order valence-electron chi connectivity index (χ1n) is 9.52. The standard InChI is InChI=1S/C20H22FN5O2/c1-2-16-17-18(23-12-24-20(17)28-25-16)26-9-3-4-14(11-26)19(27)22-10-13-5-7-15(21)8-6-13/h5-8,12,14H,2-4,9-11H2,1H3,(H,22,27). The average molecular weight is 383 g/mol. The lowest BCUT2D eigenvalue weighted by atomic mass is 9.96. The van der Waals surface area contributed by atoms with E-state index in [1.165, 1.54) is 18.5 Å². The van der Waals surface area contributed by atoms with Crippen LogP contribution in [0.1, 0.15) is 31.0 Å². The molecule has 146 valence electrons. The van der Waals surface area contributed by atoms with Crippen LogP contribution in [0.25, 0.3) is 11.1 Å². The highest BCUT2D eigenvalue weighted by Crippen LogP contribution is 2.30. The maximum atomic E-state index is 13.0. The Bertz CT molecular complexity index is 972. The number of amides is 1. The van der Waals surface area contributed by atoms with Crippen LogP contribution >= 0.6 is 0 Å². The number of fused-ring (bicyclic) bond motifs is 1. The molecule has 7 nitrogen and oxygen atoms in total. The lowest BCUT2D eigenvalue weighted by molar-refractivity contribution is -0.125. The zero-order valence-electron chi connectivity index (χ0n) is 15.7. The highest BCUT2D eigenvalue weighted by molar-refractivity contribution is 5.88. The van der Waals surface area contributed by atoms with Gasteiger partial charge in [-0.3, -0.25) is 4.79 Å². The fraction of sp³-hybridized carbons (Fsp3) is 0.400. The Hall–Kier alpha value is -3.03. The van der Waals surface area contributed by atoms with Crippen LogP contribution in [-0.4, -0.2) is 34.1 Å². The highest BCUT2D eigenvalue weighted by Gasteiger charge is 2.28. The van der Waals surface area contributed by atoms with Crippen molar-refractivity contribution in [2.75, 3.05) is 18.0 Å². The molecule has 0 aliphatic carbocycles. The van der Waals surface area contributed by atoms with Crippen molar-refractivity contribution in [1.82, 2.24) is 20.4 Å². The number of piperidine rings is 1. The predicted molar refractivity (Wildman–Crippen MR) is 102 cm³/mol. The molecule has 3 aromatic rings. The lowest BCUT2D eigenvalue weighted by Gasteiger charge is -2.33. The molecule has 2 aromatic heterocycles. The number of hydrogen-bond acceptors (Lipinski definition) is 6. The minimum absolute atomic E-state index is 0.000332. The summed E-state index contributed by atoms with van der Waals surface area (Å²) in [5, 5.41) is 7.88. The average Bonchev–Trinajstić information content (AvgIpc) is 3.16. The third-order valence-electron chi connectivity index (χ3n) is 5.13. The van der Waals surface area contributed by atoms with Gasteiger partial charge in [0.2, 0.25) is 5.91 Å².